The van der Waals surface area contributed by atoms with Gasteiger partial charge < -0.3 is 9.47 Å². The van der Waals surface area contributed by atoms with Crippen molar-refractivity contribution in [3.63, 3.8) is 0 Å². The Bertz CT molecular complexity index is 747. The van der Waals surface area contributed by atoms with Crippen LogP contribution in [0.3, 0.4) is 0 Å². The molecule has 0 radical (unpaired) electrons. The van der Waals surface area contributed by atoms with Gasteiger partial charge in [-0.1, -0.05) is 6.07 Å². The zero-order valence-corrected chi connectivity index (χ0v) is 16.1. The fourth-order valence-electron chi connectivity index (χ4n) is 4.10. The van der Waals surface area contributed by atoms with Gasteiger partial charge in [-0.3, -0.25) is 9.80 Å². The average Bonchev–Trinajstić information content (AvgIpc) is 3.10. The molecule has 26 heavy (non-hydrogen) atoms. The third-order valence-electron chi connectivity index (χ3n) is 5.59. The number of fused-ring (bicyclic) bond motifs is 1. The van der Waals surface area contributed by atoms with Crippen molar-refractivity contribution in [3.8, 4) is 11.5 Å². The van der Waals surface area contributed by atoms with E-state index in [4.69, 9.17) is 9.47 Å². The fraction of sp³-hybridized carbons (Fsp3) is 0.667. The van der Waals surface area contributed by atoms with Crippen molar-refractivity contribution in [1.82, 2.24) is 14.1 Å². The minimum Gasteiger partial charge on any atom is -0.454 e. The molecule has 0 aliphatic carbocycles. The third-order valence-corrected chi connectivity index (χ3v) is 6.86. The summed E-state index contributed by atoms with van der Waals surface area (Å²) in [7, 11) is -3.08. The lowest BCUT2D eigenvalue weighted by Gasteiger charge is -2.42. The molecule has 8 heteroatoms. The molecule has 0 unspecified atom stereocenters. The number of nitrogens with zero attached hydrogens (tertiary/aromatic N) is 3. The van der Waals surface area contributed by atoms with Crippen molar-refractivity contribution >= 4 is 10.0 Å². The topological polar surface area (TPSA) is 62.3 Å². The van der Waals surface area contributed by atoms with Crippen molar-refractivity contribution in [3.05, 3.63) is 23.8 Å². The SMILES string of the molecule is CS(=O)(=O)N1CCC[C@H](N2CCN(Cc3ccc4c(c3)OCO4)CC2)C1. The summed E-state index contributed by atoms with van der Waals surface area (Å²) in [6.45, 7) is 6.52. The lowest BCUT2D eigenvalue weighted by Crippen LogP contribution is -2.55. The van der Waals surface area contributed by atoms with E-state index in [-0.39, 0.29) is 0 Å². The number of piperidine rings is 1. The van der Waals surface area contributed by atoms with Gasteiger partial charge in [0.15, 0.2) is 11.5 Å². The zero-order chi connectivity index (χ0) is 18.1. The minimum absolute atomic E-state index is 0.309. The molecule has 0 amide bonds. The lowest BCUT2D eigenvalue weighted by atomic mass is 10.0. The van der Waals surface area contributed by atoms with Gasteiger partial charge in [-0.05, 0) is 30.5 Å². The Balaban J connectivity index is 1.30. The van der Waals surface area contributed by atoms with Gasteiger partial charge in [0, 0.05) is 51.9 Å². The molecule has 1 aromatic rings. The zero-order valence-electron chi connectivity index (χ0n) is 15.3. The first kappa shape index (κ1) is 18.0. The molecule has 1 aromatic carbocycles. The molecular formula is C18H27N3O4S. The monoisotopic (exact) mass is 381 g/mol. The molecule has 3 heterocycles. The highest BCUT2D eigenvalue weighted by atomic mass is 32.2. The van der Waals surface area contributed by atoms with E-state index in [1.807, 2.05) is 6.07 Å². The van der Waals surface area contributed by atoms with Gasteiger partial charge >= 0.3 is 0 Å². The molecule has 0 spiro atoms. The predicted octanol–water partition coefficient (Wildman–Crippen LogP) is 0.957. The highest BCUT2D eigenvalue weighted by Gasteiger charge is 2.31. The number of hydrogen-bond donors (Lipinski definition) is 0. The van der Waals surface area contributed by atoms with Crippen molar-refractivity contribution < 1.29 is 17.9 Å². The van der Waals surface area contributed by atoms with Crippen LogP contribution in [0.1, 0.15) is 18.4 Å². The largest absolute Gasteiger partial charge is 0.454 e. The number of rotatable bonds is 4. The molecule has 3 aliphatic rings. The van der Waals surface area contributed by atoms with Crippen LogP contribution in [0.5, 0.6) is 11.5 Å². The minimum atomic E-state index is -3.08. The van der Waals surface area contributed by atoms with Gasteiger partial charge in [-0.2, -0.15) is 0 Å². The fourth-order valence-corrected chi connectivity index (χ4v) is 5.01. The number of benzene rings is 1. The van der Waals surface area contributed by atoms with E-state index in [2.05, 4.69) is 21.9 Å². The van der Waals surface area contributed by atoms with E-state index in [0.29, 0.717) is 25.9 Å². The number of hydrogen-bond acceptors (Lipinski definition) is 6. The second-order valence-corrected chi connectivity index (χ2v) is 9.40. The van der Waals surface area contributed by atoms with Gasteiger partial charge in [0.25, 0.3) is 0 Å². The third kappa shape index (κ3) is 3.98. The van der Waals surface area contributed by atoms with Crippen LogP contribution in [-0.2, 0) is 16.6 Å². The van der Waals surface area contributed by atoms with Gasteiger partial charge in [0.1, 0.15) is 0 Å². The molecule has 1 atom stereocenters. The van der Waals surface area contributed by atoms with E-state index in [0.717, 1.165) is 57.1 Å². The maximum Gasteiger partial charge on any atom is 0.231 e. The molecule has 0 bridgehead atoms. The summed E-state index contributed by atoms with van der Waals surface area (Å²) in [6, 6.07) is 6.51. The van der Waals surface area contributed by atoms with E-state index in [9.17, 15) is 8.42 Å². The Morgan fingerprint density at radius 2 is 1.85 bits per heavy atom. The van der Waals surface area contributed by atoms with Gasteiger partial charge in [-0.25, -0.2) is 12.7 Å². The highest BCUT2D eigenvalue weighted by Crippen LogP contribution is 2.33. The molecule has 2 fully saturated rings. The number of piperazine rings is 1. The number of ether oxygens (including phenoxy) is 2. The van der Waals surface area contributed by atoms with Crippen molar-refractivity contribution in [2.75, 3.05) is 52.3 Å². The summed E-state index contributed by atoms with van der Waals surface area (Å²) in [5, 5.41) is 0. The van der Waals surface area contributed by atoms with Crippen LogP contribution in [0.15, 0.2) is 18.2 Å². The first-order valence-corrected chi connectivity index (χ1v) is 11.1. The Hall–Kier alpha value is -1.35. The van der Waals surface area contributed by atoms with Gasteiger partial charge in [0.2, 0.25) is 16.8 Å². The van der Waals surface area contributed by atoms with E-state index in [1.54, 1.807) is 4.31 Å². The van der Waals surface area contributed by atoms with Crippen LogP contribution < -0.4 is 9.47 Å². The molecule has 2 saturated heterocycles. The van der Waals surface area contributed by atoms with E-state index in [1.165, 1.54) is 11.8 Å². The molecule has 3 aliphatic heterocycles. The molecule has 144 valence electrons. The normalized spacial score (nSPS) is 25.5. The predicted molar refractivity (Wildman–Crippen MR) is 98.9 cm³/mol. The Kier molecular flexibility index (Phi) is 5.09. The molecule has 0 saturated carbocycles. The van der Waals surface area contributed by atoms with Crippen LogP contribution in [0.2, 0.25) is 0 Å². The summed E-state index contributed by atoms with van der Waals surface area (Å²) in [5.41, 5.74) is 1.24. The van der Waals surface area contributed by atoms with Crippen LogP contribution in [0.4, 0.5) is 0 Å². The first-order chi connectivity index (χ1) is 12.5. The highest BCUT2D eigenvalue weighted by molar-refractivity contribution is 7.88. The maximum absolute atomic E-state index is 11.8. The average molecular weight is 381 g/mol. The van der Waals surface area contributed by atoms with Crippen LogP contribution >= 0.6 is 0 Å². The second kappa shape index (κ2) is 7.34. The van der Waals surface area contributed by atoms with Crippen molar-refractivity contribution in [2.45, 2.75) is 25.4 Å². The number of sulfonamides is 1. The van der Waals surface area contributed by atoms with Crippen LogP contribution in [0.25, 0.3) is 0 Å². The van der Waals surface area contributed by atoms with Crippen molar-refractivity contribution in [2.24, 2.45) is 0 Å². The maximum atomic E-state index is 11.8. The summed E-state index contributed by atoms with van der Waals surface area (Å²) >= 11 is 0. The molecule has 0 aromatic heterocycles. The van der Waals surface area contributed by atoms with Crippen LogP contribution in [-0.4, -0.2) is 80.9 Å². The molecule has 0 N–H and O–H groups in total. The summed E-state index contributed by atoms with van der Waals surface area (Å²) in [4.78, 5) is 4.92. The Morgan fingerprint density at radius 1 is 1.08 bits per heavy atom. The van der Waals surface area contributed by atoms with E-state index < -0.39 is 10.0 Å². The van der Waals surface area contributed by atoms with E-state index >= 15 is 0 Å². The van der Waals surface area contributed by atoms with Crippen molar-refractivity contribution in [1.29, 1.82) is 0 Å². The molecule has 7 nitrogen and oxygen atoms in total. The Morgan fingerprint density at radius 3 is 2.62 bits per heavy atom. The smallest absolute Gasteiger partial charge is 0.231 e. The molecule has 4 rings (SSSR count). The summed E-state index contributed by atoms with van der Waals surface area (Å²) < 4.78 is 36.1. The quantitative estimate of drug-likeness (QED) is 0.774. The van der Waals surface area contributed by atoms with Gasteiger partial charge in [0.05, 0.1) is 6.26 Å². The summed E-state index contributed by atoms with van der Waals surface area (Å²) in [5.74, 6) is 1.66. The lowest BCUT2D eigenvalue weighted by molar-refractivity contribution is 0.0676. The Labute approximate surface area is 155 Å². The van der Waals surface area contributed by atoms with Crippen LogP contribution in [0, 0.1) is 0 Å². The van der Waals surface area contributed by atoms with Gasteiger partial charge in [-0.15, -0.1) is 0 Å². The standard InChI is InChI=1S/C18H27N3O4S/c1-26(22,23)21-6-2-3-16(13-21)20-9-7-19(8-10-20)12-15-4-5-17-18(11-15)25-14-24-17/h4-5,11,16H,2-3,6-10,12-14H2,1H3/t16-/m0/s1. The second-order valence-electron chi connectivity index (χ2n) is 7.42. The first-order valence-electron chi connectivity index (χ1n) is 9.29. The molecular weight excluding hydrogens is 354 g/mol. The summed E-state index contributed by atoms with van der Waals surface area (Å²) in [6.07, 6.45) is 3.36.